The number of H-pyrrole nitrogens is 1. The summed E-state index contributed by atoms with van der Waals surface area (Å²) in [5.41, 5.74) is -0.195. The summed E-state index contributed by atoms with van der Waals surface area (Å²) in [6, 6.07) is 0. The van der Waals surface area contributed by atoms with Gasteiger partial charge in [0.05, 0.1) is 12.1 Å². The Morgan fingerprint density at radius 3 is 2.50 bits per heavy atom. The van der Waals surface area contributed by atoms with Gasteiger partial charge < -0.3 is 10.1 Å². The van der Waals surface area contributed by atoms with E-state index in [0.717, 1.165) is 0 Å². The zero-order valence-corrected chi connectivity index (χ0v) is 12.9. The van der Waals surface area contributed by atoms with Crippen LogP contribution >= 0.6 is 0 Å². The van der Waals surface area contributed by atoms with Crippen molar-refractivity contribution < 1.29 is 18.3 Å². The second-order valence-electron chi connectivity index (χ2n) is 5.98. The fourth-order valence-electron chi connectivity index (χ4n) is 1.81. The summed E-state index contributed by atoms with van der Waals surface area (Å²) in [7, 11) is -3.76. The molecule has 0 radical (unpaired) electrons. The second-order valence-corrected chi connectivity index (χ2v) is 7.72. The third-order valence-electron chi connectivity index (χ3n) is 2.70. The Bertz CT molecular complexity index is 572. The number of aromatic nitrogens is 2. The van der Waals surface area contributed by atoms with Crippen LogP contribution in [0.25, 0.3) is 0 Å². The first kappa shape index (κ1) is 16.6. The average Bonchev–Trinajstić information content (AvgIpc) is 2.70. The molecule has 1 heterocycles. The van der Waals surface area contributed by atoms with Crippen LogP contribution in [0.5, 0.6) is 0 Å². The molecule has 0 aromatic carbocycles. The van der Waals surface area contributed by atoms with Crippen LogP contribution in [-0.4, -0.2) is 36.0 Å². The van der Waals surface area contributed by atoms with Crippen LogP contribution in [0.2, 0.25) is 0 Å². The van der Waals surface area contributed by atoms with Gasteiger partial charge in [-0.1, -0.05) is 20.8 Å². The van der Waals surface area contributed by atoms with E-state index in [1.807, 2.05) is 20.8 Å². The highest BCUT2D eigenvalue weighted by Gasteiger charge is 2.27. The van der Waals surface area contributed by atoms with Crippen molar-refractivity contribution >= 4 is 16.0 Å². The zero-order valence-electron chi connectivity index (χ0n) is 12.1. The van der Waals surface area contributed by atoms with Gasteiger partial charge in [0.1, 0.15) is 5.82 Å². The number of carboxylic acid groups (broad SMARTS) is 1. The molecule has 1 aromatic heterocycles. The Morgan fingerprint density at radius 1 is 1.50 bits per heavy atom. The number of hydrogen-bond donors (Lipinski definition) is 3. The van der Waals surface area contributed by atoms with Crippen LogP contribution in [0.3, 0.4) is 0 Å². The van der Waals surface area contributed by atoms with Gasteiger partial charge in [-0.15, -0.1) is 0 Å². The van der Waals surface area contributed by atoms with Gasteiger partial charge in [0.15, 0.2) is 5.03 Å². The number of nitrogens with one attached hydrogen (secondary N) is 2. The lowest BCUT2D eigenvalue weighted by atomic mass is 9.85. The van der Waals surface area contributed by atoms with Gasteiger partial charge >= 0.3 is 5.97 Å². The van der Waals surface area contributed by atoms with E-state index < -0.39 is 21.9 Å². The zero-order chi connectivity index (χ0) is 15.6. The Kier molecular flexibility index (Phi) is 4.93. The van der Waals surface area contributed by atoms with Crippen LogP contribution in [0.15, 0.2) is 11.2 Å². The molecule has 0 aliphatic heterocycles. The van der Waals surface area contributed by atoms with Gasteiger partial charge in [-0.05, 0) is 18.8 Å². The quantitative estimate of drug-likeness (QED) is 0.729. The highest BCUT2D eigenvalue weighted by Crippen LogP contribution is 2.24. The predicted molar refractivity (Wildman–Crippen MR) is 73.7 cm³/mol. The molecule has 1 atom stereocenters. The summed E-state index contributed by atoms with van der Waals surface area (Å²) >= 11 is 0. The summed E-state index contributed by atoms with van der Waals surface area (Å²) < 4.78 is 26.2. The number of nitrogens with zero attached hydrogens (tertiary/aromatic N) is 1. The SMILES string of the molecule is Cc1ncc(S(=O)(=O)NCC(CC(C)(C)C)C(=O)O)[nH]1. The minimum atomic E-state index is -3.76. The minimum absolute atomic E-state index is 0.0603. The molecule has 0 aliphatic rings. The highest BCUT2D eigenvalue weighted by atomic mass is 32.2. The smallest absolute Gasteiger partial charge is 0.307 e. The Hall–Kier alpha value is -1.41. The summed E-state index contributed by atoms with van der Waals surface area (Å²) in [6.07, 6.45) is 1.59. The number of rotatable bonds is 6. The van der Waals surface area contributed by atoms with Crippen molar-refractivity contribution in [2.75, 3.05) is 6.54 Å². The lowest BCUT2D eigenvalue weighted by molar-refractivity contribution is -0.142. The summed E-state index contributed by atoms with van der Waals surface area (Å²) in [6.45, 7) is 7.23. The van der Waals surface area contributed by atoms with Crippen LogP contribution in [-0.2, 0) is 14.8 Å². The Morgan fingerprint density at radius 2 is 2.10 bits per heavy atom. The lowest BCUT2D eigenvalue weighted by Crippen LogP contribution is -2.35. The molecule has 0 saturated heterocycles. The number of sulfonamides is 1. The molecular formula is C12H21N3O4S. The van der Waals surface area contributed by atoms with Crippen molar-refractivity contribution in [1.29, 1.82) is 0 Å². The molecule has 114 valence electrons. The van der Waals surface area contributed by atoms with E-state index in [-0.39, 0.29) is 17.0 Å². The Labute approximate surface area is 118 Å². The monoisotopic (exact) mass is 303 g/mol. The normalized spacial score (nSPS) is 14.2. The standard InChI is InChI=1S/C12H21N3O4S/c1-8-13-7-10(15-8)20(18,19)14-6-9(11(16)17)5-12(2,3)4/h7,9,14H,5-6H2,1-4H3,(H,13,15)(H,16,17). The van der Waals surface area contributed by atoms with Crippen molar-refractivity contribution in [1.82, 2.24) is 14.7 Å². The predicted octanol–water partition coefficient (Wildman–Crippen LogP) is 1.13. The summed E-state index contributed by atoms with van der Waals surface area (Å²) in [5.74, 6) is -1.30. The lowest BCUT2D eigenvalue weighted by Gasteiger charge is -2.23. The molecule has 0 fully saturated rings. The van der Waals surface area contributed by atoms with Crippen LogP contribution < -0.4 is 4.72 Å². The number of carbonyl (C=O) groups is 1. The van der Waals surface area contributed by atoms with Crippen LogP contribution in [0.4, 0.5) is 0 Å². The van der Waals surface area contributed by atoms with Gasteiger partial charge in [-0.25, -0.2) is 18.1 Å². The van der Waals surface area contributed by atoms with Crippen molar-refractivity contribution in [3.8, 4) is 0 Å². The first-order valence-corrected chi connectivity index (χ1v) is 7.74. The fraction of sp³-hybridized carbons (Fsp3) is 0.667. The molecule has 3 N–H and O–H groups in total. The van der Waals surface area contributed by atoms with Crippen LogP contribution in [0.1, 0.15) is 33.0 Å². The molecule has 20 heavy (non-hydrogen) atoms. The number of aromatic amines is 1. The topological polar surface area (TPSA) is 112 Å². The molecule has 0 aliphatic carbocycles. The van der Waals surface area contributed by atoms with E-state index in [9.17, 15) is 13.2 Å². The highest BCUT2D eigenvalue weighted by molar-refractivity contribution is 7.89. The first-order valence-electron chi connectivity index (χ1n) is 6.25. The molecule has 1 unspecified atom stereocenters. The maximum absolute atomic E-state index is 12.0. The number of aryl methyl sites for hydroxylation is 1. The Balaban J connectivity index is 2.75. The van der Waals surface area contributed by atoms with Gasteiger partial charge in [0, 0.05) is 6.54 Å². The van der Waals surface area contributed by atoms with Crippen molar-refractivity contribution in [3.05, 3.63) is 12.0 Å². The van der Waals surface area contributed by atoms with E-state index in [2.05, 4.69) is 14.7 Å². The molecule has 7 nitrogen and oxygen atoms in total. The molecule has 1 aromatic rings. The van der Waals surface area contributed by atoms with Gasteiger partial charge in [0.25, 0.3) is 10.0 Å². The van der Waals surface area contributed by atoms with Gasteiger partial charge in [0.2, 0.25) is 0 Å². The number of imidazole rings is 1. The molecule has 8 heteroatoms. The van der Waals surface area contributed by atoms with E-state index >= 15 is 0 Å². The molecule has 1 rings (SSSR count). The van der Waals surface area contributed by atoms with E-state index in [1.165, 1.54) is 6.20 Å². The second kappa shape index (κ2) is 5.92. The van der Waals surface area contributed by atoms with E-state index in [1.54, 1.807) is 6.92 Å². The molecule has 0 amide bonds. The maximum Gasteiger partial charge on any atom is 0.307 e. The molecule has 0 saturated carbocycles. The summed E-state index contributed by atoms with van der Waals surface area (Å²) in [4.78, 5) is 17.6. The van der Waals surface area contributed by atoms with Crippen molar-refractivity contribution in [3.63, 3.8) is 0 Å². The molecule has 0 spiro atoms. The van der Waals surface area contributed by atoms with Crippen LogP contribution in [0, 0.1) is 18.3 Å². The van der Waals surface area contributed by atoms with E-state index in [4.69, 9.17) is 5.11 Å². The van der Waals surface area contributed by atoms with Gasteiger partial charge in [-0.2, -0.15) is 0 Å². The molecule has 0 bridgehead atoms. The maximum atomic E-state index is 12.0. The minimum Gasteiger partial charge on any atom is -0.481 e. The summed E-state index contributed by atoms with van der Waals surface area (Å²) in [5, 5.41) is 9.09. The third kappa shape index (κ3) is 4.93. The number of carboxylic acids is 1. The van der Waals surface area contributed by atoms with Crippen molar-refractivity contribution in [2.24, 2.45) is 11.3 Å². The van der Waals surface area contributed by atoms with E-state index in [0.29, 0.717) is 12.2 Å². The fourth-order valence-corrected chi connectivity index (χ4v) is 2.86. The number of hydrogen-bond acceptors (Lipinski definition) is 4. The van der Waals surface area contributed by atoms with Gasteiger partial charge in [-0.3, -0.25) is 4.79 Å². The first-order chi connectivity index (χ1) is 9.01. The largest absolute Gasteiger partial charge is 0.481 e. The third-order valence-corrected chi connectivity index (χ3v) is 4.03. The van der Waals surface area contributed by atoms with Crippen molar-refractivity contribution in [2.45, 2.75) is 39.1 Å². The average molecular weight is 303 g/mol. The number of aliphatic carboxylic acids is 1. The molecular weight excluding hydrogens is 282 g/mol.